The fourth-order valence-corrected chi connectivity index (χ4v) is 2.47. The van der Waals surface area contributed by atoms with Gasteiger partial charge >= 0.3 is 0 Å². The van der Waals surface area contributed by atoms with E-state index in [1.807, 2.05) is 18.3 Å². The predicted molar refractivity (Wildman–Crippen MR) is 101 cm³/mol. The number of pyridine rings is 1. The topological polar surface area (TPSA) is 28.6 Å². The van der Waals surface area contributed by atoms with E-state index in [9.17, 15) is 0 Å². The minimum atomic E-state index is 0. The Morgan fingerprint density at radius 2 is 1.91 bits per heavy atom. The molecule has 2 heterocycles. The van der Waals surface area contributed by atoms with Gasteiger partial charge in [-0.3, -0.25) is 0 Å². The molecular formula is C15H28Cl3N3O. The number of aromatic nitrogens is 1. The van der Waals surface area contributed by atoms with Crippen LogP contribution in [0.5, 0.6) is 5.75 Å². The second-order valence-electron chi connectivity index (χ2n) is 4.95. The molecule has 0 saturated heterocycles. The summed E-state index contributed by atoms with van der Waals surface area (Å²) in [5, 5.41) is 0. The molecule has 1 aromatic heterocycles. The summed E-state index contributed by atoms with van der Waals surface area (Å²) in [7, 11) is 0. The molecule has 2 rings (SSSR count). The van der Waals surface area contributed by atoms with Gasteiger partial charge in [0, 0.05) is 19.3 Å². The van der Waals surface area contributed by atoms with E-state index in [1.54, 1.807) is 0 Å². The van der Waals surface area contributed by atoms with Crippen molar-refractivity contribution in [1.29, 1.82) is 0 Å². The van der Waals surface area contributed by atoms with Crippen molar-refractivity contribution in [3.63, 3.8) is 0 Å². The van der Waals surface area contributed by atoms with E-state index in [2.05, 4.69) is 35.6 Å². The van der Waals surface area contributed by atoms with Crippen LogP contribution >= 0.6 is 37.2 Å². The highest BCUT2D eigenvalue weighted by molar-refractivity contribution is 5.86. The molecule has 1 unspecified atom stereocenters. The first-order valence-corrected chi connectivity index (χ1v) is 7.37. The molecule has 1 aliphatic heterocycles. The zero-order valence-corrected chi connectivity index (χ0v) is 16.0. The first kappa shape index (κ1) is 23.8. The summed E-state index contributed by atoms with van der Waals surface area (Å²) in [6, 6.07) is 3.97. The van der Waals surface area contributed by atoms with Crippen LogP contribution < -0.4 is 9.64 Å². The zero-order valence-electron chi connectivity index (χ0n) is 13.5. The Balaban J connectivity index is 0. The lowest BCUT2D eigenvalue weighted by Crippen LogP contribution is -2.44. The van der Waals surface area contributed by atoms with Crippen LogP contribution in [0.15, 0.2) is 18.3 Å². The van der Waals surface area contributed by atoms with Crippen LogP contribution in [0.1, 0.15) is 27.2 Å². The van der Waals surface area contributed by atoms with E-state index < -0.39 is 0 Å². The molecule has 22 heavy (non-hydrogen) atoms. The van der Waals surface area contributed by atoms with Crippen LogP contribution in [0.25, 0.3) is 0 Å². The largest absolute Gasteiger partial charge is 0.485 e. The molecule has 0 spiro atoms. The second kappa shape index (κ2) is 12.1. The third kappa shape index (κ3) is 5.99. The third-order valence-electron chi connectivity index (χ3n) is 3.80. The first-order valence-electron chi connectivity index (χ1n) is 7.37. The van der Waals surface area contributed by atoms with Crippen LogP contribution in [0.4, 0.5) is 5.82 Å². The Labute approximate surface area is 152 Å². The van der Waals surface area contributed by atoms with Gasteiger partial charge in [0.25, 0.3) is 0 Å². The van der Waals surface area contributed by atoms with Gasteiger partial charge in [-0.2, -0.15) is 0 Å². The van der Waals surface area contributed by atoms with Gasteiger partial charge in [0.2, 0.25) is 0 Å². The van der Waals surface area contributed by atoms with Crippen molar-refractivity contribution in [3.05, 3.63) is 18.3 Å². The fraction of sp³-hybridized carbons (Fsp3) is 0.667. The third-order valence-corrected chi connectivity index (χ3v) is 3.80. The van der Waals surface area contributed by atoms with Gasteiger partial charge in [-0.1, -0.05) is 20.8 Å². The lowest BCUT2D eigenvalue weighted by Gasteiger charge is -2.36. The Kier molecular flexibility index (Phi) is 13.1. The quantitative estimate of drug-likeness (QED) is 0.762. The number of halogens is 3. The van der Waals surface area contributed by atoms with E-state index in [1.165, 1.54) is 0 Å². The SMILES string of the molecule is CCC1CN(CCN(CC)CC)c2ncccc2O1.Cl.Cl.Cl. The van der Waals surface area contributed by atoms with Crippen molar-refractivity contribution in [1.82, 2.24) is 9.88 Å². The average Bonchev–Trinajstić information content (AvgIpc) is 2.47. The Hall–Kier alpha value is -0.420. The molecular weight excluding hydrogens is 345 g/mol. The van der Waals surface area contributed by atoms with Crippen molar-refractivity contribution < 1.29 is 4.74 Å². The Morgan fingerprint density at radius 1 is 1.23 bits per heavy atom. The summed E-state index contributed by atoms with van der Waals surface area (Å²) in [5.74, 6) is 1.93. The smallest absolute Gasteiger partial charge is 0.171 e. The molecule has 0 N–H and O–H groups in total. The number of likely N-dealkylation sites (N-methyl/N-ethyl adjacent to an activating group) is 1. The number of fused-ring (bicyclic) bond motifs is 1. The van der Waals surface area contributed by atoms with Crippen LogP contribution in [0.3, 0.4) is 0 Å². The van der Waals surface area contributed by atoms with Gasteiger partial charge in [0.1, 0.15) is 6.10 Å². The molecule has 0 fully saturated rings. The van der Waals surface area contributed by atoms with Crippen molar-refractivity contribution >= 4 is 43.0 Å². The zero-order chi connectivity index (χ0) is 13.7. The van der Waals surface area contributed by atoms with Crippen molar-refractivity contribution in [2.75, 3.05) is 37.6 Å². The highest BCUT2D eigenvalue weighted by Gasteiger charge is 2.25. The minimum absolute atomic E-state index is 0. The second-order valence-corrected chi connectivity index (χ2v) is 4.95. The van der Waals surface area contributed by atoms with Crippen molar-refractivity contribution in [3.8, 4) is 5.75 Å². The summed E-state index contributed by atoms with van der Waals surface area (Å²) < 4.78 is 5.95. The van der Waals surface area contributed by atoms with Gasteiger partial charge < -0.3 is 14.5 Å². The molecule has 0 bridgehead atoms. The fourth-order valence-electron chi connectivity index (χ4n) is 2.47. The summed E-state index contributed by atoms with van der Waals surface area (Å²) in [5.41, 5.74) is 0. The summed E-state index contributed by atoms with van der Waals surface area (Å²) in [6.07, 6.45) is 3.17. The van der Waals surface area contributed by atoms with E-state index in [0.29, 0.717) is 0 Å². The number of hydrogen-bond donors (Lipinski definition) is 0. The highest BCUT2D eigenvalue weighted by atomic mass is 35.5. The van der Waals surface area contributed by atoms with Gasteiger partial charge in [-0.15, -0.1) is 37.2 Å². The summed E-state index contributed by atoms with van der Waals surface area (Å²) in [6.45, 7) is 11.9. The lowest BCUT2D eigenvalue weighted by molar-refractivity contribution is 0.185. The lowest BCUT2D eigenvalue weighted by atomic mass is 10.2. The maximum Gasteiger partial charge on any atom is 0.171 e. The number of ether oxygens (including phenoxy) is 1. The van der Waals surface area contributed by atoms with Crippen molar-refractivity contribution in [2.45, 2.75) is 33.3 Å². The molecule has 130 valence electrons. The normalized spacial score (nSPS) is 15.8. The van der Waals surface area contributed by atoms with Crippen LogP contribution in [-0.2, 0) is 0 Å². The average molecular weight is 373 g/mol. The van der Waals surface area contributed by atoms with Gasteiger partial charge in [0.15, 0.2) is 11.6 Å². The molecule has 4 nitrogen and oxygen atoms in total. The molecule has 1 atom stereocenters. The monoisotopic (exact) mass is 371 g/mol. The summed E-state index contributed by atoms with van der Waals surface area (Å²) in [4.78, 5) is 9.29. The van der Waals surface area contributed by atoms with E-state index in [0.717, 1.165) is 50.7 Å². The number of anilines is 1. The molecule has 0 radical (unpaired) electrons. The van der Waals surface area contributed by atoms with Crippen molar-refractivity contribution in [2.24, 2.45) is 0 Å². The standard InChI is InChI=1S/C15H25N3O.3ClH/c1-4-13-12-18(11-10-17(5-2)6-3)15-14(19-13)8-7-9-16-15;;;/h7-9,13H,4-6,10-12H2,1-3H3;3*1H. The molecule has 0 amide bonds. The Morgan fingerprint density at radius 3 is 2.50 bits per heavy atom. The van der Waals surface area contributed by atoms with Gasteiger partial charge in [-0.05, 0) is 31.6 Å². The predicted octanol–water partition coefficient (Wildman–Crippen LogP) is 3.67. The summed E-state index contributed by atoms with van der Waals surface area (Å²) >= 11 is 0. The maximum absolute atomic E-state index is 5.95. The van der Waals surface area contributed by atoms with Crippen LogP contribution in [0.2, 0.25) is 0 Å². The number of nitrogens with zero attached hydrogens (tertiary/aromatic N) is 3. The molecule has 0 aliphatic carbocycles. The van der Waals surface area contributed by atoms with Crippen LogP contribution in [0, 0.1) is 0 Å². The van der Waals surface area contributed by atoms with E-state index in [-0.39, 0.29) is 43.3 Å². The number of rotatable bonds is 6. The minimum Gasteiger partial charge on any atom is -0.485 e. The molecule has 1 aromatic rings. The maximum atomic E-state index is 5.95. The molecule has 7 heteroatoms. The first-order chi connectivity index (χ1) is 9.28. The number of hydrogen-bond acceptors (Lipinski definition) is 4. The van der Waals surface area contributed by atoms with Gasteiger partial charge in [0.05, 0.1) is 6.54 Å². The highest BCUT2D eigenvalue weighted by Crippen LogP contribution is 2.31. The van der Waals surface area contributed by atoms with E-state index >= 15 is 0 Å². The molecule has 0 saturated carbocycles. The van der Waals surface area contributed by atoms with Crippen LogP contribution in [-0.4, -0.2) is 48.7 Å². The molecule has 0 aromatic carbocycles. The Bertz CT molecular complexity index is 405. The molecule has 1 aliphatic rings. The van der Waals surface area contributed by atoms with E-state index in [4.69, 9.17) is 4.74 Å². The van der Waals surface area contributed by atoms with Gasteiger partial charge in [-0.25, -0.2) is 4.98 Å².